The van der Waals surface area contributed by atoms with Crippen LogP contribution in [0.3, 0.4) is 0 Å². The lowest BCUT2D eigenvalue weighted by Gasteiger charge is -2.24. The lowest BCUT2D eigenvalue weighted by Crippen LogP contribution is -2.36. The summed E-state index contributed by atoms with van der Waals surface area (Å²) in [6, 6.07) is 24.0. The number of rotatable bonds is 9. The van der Waals surface area contributed by atoms with Crippen molar-refractivity contribution in [2.45, 2.75) is 26.3 Å². The van der Waals surface area contributed by atoms with Gasteiger partial charge < -0.3 is 15.2 Å². The van der Waals surface area contributed by atoms with Crippen LogP contribution in [0.15, 0.2) is 90.0 Å². The smallest absolute Gasteiger partial charge is 0.328 e. The highest BCUT2D eigenvalue weighted by Crippen LogP contribution is 2.28. The summed E-state index contributed by atoms with van der Waals surface area (Å²) in [6.07, 6.45) is 2.49. The number of carboxylic acid groups (broad SMARTS) is 1. The fraction of sp³-hybridized carbons (Fsp3) is 0.200. The van der Waals surface area contributed by atoms with Crippen LogP contribution in [0.2, 0.25) is 0 Å². The molecule has 8 heteroatoms. The molecule has 1 atom stereocenters. The average Bonchev–Trinajstić information content (AvgIpc) is 2.91. The Morgan fingerprint density at radius 2 is 1.71 bits per heavy atom. The maximum absolute atomic E-state index is 13.3. The van der Waals surface area contributed by atoms with Gasteiger partial charge in [-0.05, 0) is 46.9 Å². The summed E-state index contributed by atoms with van der Waals surface area (Å²) in [5, 5.41) is 17.7. The van der Waals surface area contributed by atoms with Crippen molar-refractivity contribution in [2.24, 2.45) is 11.0 Å². The molecule has 194 valence electrons. The van der Waals surface area contributed by atoms with Gasteiger partial charge in [-0.3, -0.25) is 9.59 Å². The number of nitrogens with zero attached hydrogens (tertiary/aromatic N) is 2. The van der Waals surface area contributed by atoms with Crippen LogP contribution in [-0.2, 0) is 25.7 Å². The molecule has 1 aliphatic rings. The van der Waals surface area contributed by atoms with Gasteiger partial charge in [0.2, 0.25) is 11.8 Å². The quantitative estimate of drug-likeness (QED) is 0.398. The Bertz CT molecular complexity index is 1360. The minimum Gasteiger partial charge on any atom is -0.478 e. The third-order valence-corrected chi connectivity index (χ3v) is 6.10. The summed E-state index contributed by atoms with van der Waals surface area (Å²) >= 11 is 0. The second-order valence-electron chi connectivity index (χ2n) is 9.22. The molecular formula is C30H29N3O5. The standard InChI is InChI=1S/C30H29N3O5/c1-20(2)28(29(37)31-25-11-7-6-8-22(25)16-17-27(35)36)23-14-12-21(13-15-23)18-33-26(34)19-38-30(32-33)24-9-4-3-5-10-24/h3-17,20,28H,18-19H2,1-2H3,(H,31,37)(H,35,36)/b17-16+. The third kappa shape index (κ3) is 6.53. The van der Waals surface area contributed by atoms with Gasteiger partial charge in [0.15, 0.2) is 6.61 Å². The molecule has 0 bridgehead atoms. The molecule has 2 N–H and O–H groups in total. The van der Waals surface area contributed by atoms with E-state index in [-0.39, 0.29) is 30.9 Å². The van der Waals surface area contributed by atoms with Crippen molar-refractivity contribution in [2.75, 3.05) is 11.9 Å². The Labute approximate surface area is 221 Å². The lowest BCUT2D eigenvalue weighted by atomic mass is 9.87. The first-order chi connectivity index (χ1) is 18.3. The number of carbonyl (C=O) groups excluding carboxylic acids is 2. The van der Waals surface area contributed by atoms with E-state index in [2.05, 4.69) is 10.4 Å². The minimum atomic E-state index is -1.06. The van der Waals surface area contributed by atoms with Crippen LogP contribution in [0.25, 0.3) is 6.08 Å². The number of carboxylic acids is 1. The summed E-state index contributed by atoms with van der Waals surface area (Å²) in [6.45, 7) is 4.15. The van der Waals surface area contributed by atoms with Gasteiger partial charge in [0.1, 0.15) is 0 Å². The van der Waals surface area contributed by atoms with Gasteiger partial charge in [-0.25, -0.2) is 9.80 Å². The van der Waals surface area contributed by atoms with Crippen molar-refractivity contribution in [3.63, 3.8) is 0 Å². The van der Waals surface area contributed by atoms with E-state index in [1.54, 1.807) is 24.3 Å². The highest BCUT2D eigenvalue weighted by molar-refractivity contribution is 5.99. The molecule has 0 aliphatic carbocycles. The van der Waals surface area contributed by atoms with E-state index in [1.807, 2.05) is 68.4 Å². The number of anilines is 1. The molecule has 3 aromatic carbocycles. The molecule has 0 saturated carbocycles. The summed E-state index contributed by atoms with van der Waals surface area (Å²) in [4.78, 5) is 36.7. The summed E-state index contributed by atoms with van der Waals surface area (Å²) in [7, 11) is 0. The van der Waals surface area contributed by atoms with E-state index < -0.39 is 11.9 Å². The molecule has 1 heterocycles. The Morgan fingerprint density at radius 1 is 1.03 bits per heavy atom. The number of para-hydroxylation sites is 1. The summed E-state index contributed by atoms with van der Waals surface area (Å²) in [5.41, 5.74) is 3.64. The number of hydrazone groups is 1. The molecule has 2 amide bonds. The Hall–Kier alpha value is -4.72. The fourth-order valence-corrected chi connectivity index (χ4v) is 4.21. The van der Waals surface area contributed by atoms with E-state index in [4.69, 9.17) is 9.84 Å². The SMILES string of the molecule is CC(C)C(C(=O)Nc1ccccc1/C=C/C(=O)O)c1ccc(CN2N=C(c3ccccc3)OCC2=O)cc1. The predicted molar refractivity (Wildman–Crippen MR) is 145 cm³/mol. The van der Waals surface area contributed by atoms with Crippen LogP contribution in [0.5, 0.6) is 0 Å². The Morgan fingerprint density at radius 3 is 2.39 bits per heavy atom. The summed E-state index contributed by atoms with van der Waals surface area (Å²) < 4.78 is 5.51. The largest absolute Gasteiger partial charge is 0.478 e. The zero-order valence-electron chi connectivity index (χ0n) is 21.2. The van der Waals surface area contributed by atoms with Gasteiger partial charge in [0, 0.05) is 17.3 Å². The molecular weight excluding hydrogens is 482 g/mol. The van der Waals surface area contributed by atoms with Gasteiger partial charge in [0.05, 0.1) is 12.5 Å². The van der Waals surface area contributed by atoms with E-state index in [0.29, 0.717) is 17.1 Å². The number of carbonyl (C=O) groups is 3. The minimum absolute atomic E-state index is 0.00132. The van der Waals surface area contributed by atoms with Crippen LogP contribution in [-0.4, -0.2) is 40.4 Å². The molecule has 8 nitrogen and oxygen atoms in total. The highest BCUT2D eigenvalue weighted by Gasteiger charge is 2.26. The first-order valence-electron chi connectivity index (χ1n) is 12.3. The maximum Gasteiger partial charge on any atom is 0.328 e. The average molecular weight is 512 g/mol. The second kappa shape index (κ2) is 12.0. The van der Waals surface area contributed by atoms with Gasteiger partial charge in [0.25, 0.3) is 5.91 Å². The molecule has 0 saturated heterocycles. The number of amides is 2. The number of aliphatic carboxylic acids is 1. The topological polar surface area (TPSA) is 108 Å². The first-order valence-corrected chi connectivity index (χ1v) is 12.3. The summed E-state index contributed by atoms with van der Waals surface area (Å²) in [5.74, 6) is -1.52. The second-order valence-corrected chi connectivity index (χ2v) is 9.22. The van der Waals surface area contributed by atoms with Crippen LogP contribution < -0.4 is 5.32 Å². The van der Waals surface area contributed by atoms with Crippen molar-refractivity contribution >= 4 is 35.4 Å². The van der Waals surface area contributed by atoms with Crippen molar-refractivity contribution in [1.29, 1.82) is 0 Å². The number of ether oxygens (including phenoxy) is 1. The highest BCUT2D eigenvalue weighted by atomic mass is 16.5. The molecule has 0 radical (unpaired) electrons. The zero-order chi connectivity index (χ0) is 27.1. The van der Waals surface area contributed by atoms with Gasteiger partial charge in [-0.2, -0.15) is 0 Å². The van der Waals surface area contributed by atoms with Gasteiger partial charge >= 0.3 is 5.97 Å². The van der Waals surface area contributed by atoms with Crippen LogP contribution in [0.1, 0.15) is 42.0 Å². The van der Waals surface area contributed by atoms with Crippen molar-refractivity contribution < 1.29 is 24.2 Å². The monoisotopic (exact) mass is 511 g/mol. The van der Waals surface area contributed by atoms with Crippen LogP contribution in [0.4, 0.5) is 5.69 Å². The molecule has 1 unspecified atom stereocenters. The van der Waals surface area contributed by atoms with Crippen LogP contribution in [0, 0.1) is 5.92 Å². The van der Waals surface area contributed by atoms with Gasteiger partial charge in [-0.15, -0.1) is 5.10 Å². The van der Waals surface area contributed by atoms with E-state index >= 15 is 0 Å². The number of nitrogens with one attached hydrogen (secondary N) is 1. The van der Waals surface area contributed by atoms with E-state index in [0.717, 1.165) is 22.8 Å². The molecule has 0 spiro atoms. The Balaban J connectivity index is 1.49. The fourth-order valence-electron chi connectivity index (χ4n) is 4.21. The van der Waals surface area contributed by atoms with Gasteiger partial charge in [-0.1, -0.05) is 74.5 Å². The van der Waals surface area contributed by atoms with E-state index in [9.17, 15) is 14.4 Å². The number of hydrogen-bond donors (Lipinski definition) is 2. The molecule has 4 rings (SSSR count). The van der Waals surface area contributed by atoms with Crippen molar-refractivity contribution in [3.8, 4) is 0 Å². The normalized spacial score (nSPS) is 14.2. The maximum atomic E-state index is 13.3. The molecule has 0 aromatic heterocycles. The van der Waals surface area contributed by atoms with Crippen molar-refractivity contribution in [3.05, 3.63) is 107 Å². The third-order valence-electron chi connectivity index (χ3n) is 6.10. The van der Waals surface area contributed by atoms with Crippen molar-refractivity contribution in [1.82, 2.24) is 5.01 Å². The predicted octanol–water partition coefficient (Wildman–Crippen LogP) is 4.88. The molecule has 1 aliphatic heterocycles. The Kier molecular flexibility index (Phi) is 8.33. The molecule has 0 fully saturated rings. The first kappa shape index (κ1) is 26.3. The van der Waals surface area contributed by atoms with E-state index in [1.165, 1.54) is 11.1 Å². The van der Waals surface area contributed by atoms with Crippen LogP contribution >= 0.6 is 0 Å². The number of benzene rings is 3. The number of hydrogen-bond acceptors (Lipinski definition) is 5. The lowest BCUT2D eigenvalue weighted by molar-refractivity contribution is -0.136. The molecule has 38 heavy (non-hydrogen) atoms. The zero-order valence-corrected chi connectivity index (χ0v) is 21.2. The molecule has 3 aromatic rings.